The largest absolute Gasteiger partial charge is 0.496 e. The highest BCUT2D eigenvalue weighted by molar-refractivity contribution is 8.04. The Bertz CT molecular complexity index is 692. The summed E-state index contributed by atoms with van der Waals surface area (Å²) in [6.45, 7) is 3.57. The molecule has 0 spiro atoms. The van der Waals surface area contributed by atoms with Crippen LogP contribution in [0.25, 0.3) is 0 Å². The third-order valence-electron chi connectivity index (χ3n) is 3.49. The Morgan fingerprint density at radius 3 is 2.76 bits per heavy atom. The van der Waals surface area contributed by atoms with Crippen LogP contribution in [-0.4, -0.2) is 56.3 Å². The zero-order valence-electron chi connectivity index (χ0n) is 14.5. The van der Waals surface area contributed by atoms with E-state index in [9.17, 15) is 9.59 Å². The van der Waals surface area contributed by atoms with Crippen LogP contribution in [0.3, 0.4) is 0 Å². The van der Waals surface area contributed by atoms with Crippen LogP contribution >= 0.6 is 23.4 Å². The van der Waals surface area contributed by atoms with Gasteiger partial charge in [0, 0.05) is 23.9 Å². The Labute approximate surface area is 156 Å². The minimum atomic E-state index is -0.285. The summed E-state index contributed by atoms with van der Waals surface area (Å²) >= 11 is 7.46. The first kappa shape index (κ1) is 19.6. The third-order valence-corrected chi connectivity index (χ3v) is 4.86. The monoisotopic (exact) mass is 383 g/mol. The number of allylic oxidation sites excluding steroid dienone is 1. The van der Waals surface area contributed by atoms with E-state index in [1.165, 1.54) is 11.8 Å². The van der Waals surface area contributed by atoms with Gasteiger partial charge in [-0.25, -0.2) is 0 Å². The van der Waals surface area contributed by atoms with Crippen LogP contribution in [0.5, 0.6) is 0 Å². The number of halogens is 1. The molecule has 0 unspecified atom stereocenters. The van der Waals surface area contributed by atoms with E-state index in [4.69, 9.17) is 16.3 Å². The van der Waals surface area contributed by atoms with Crippen molar-refractivity contribution in [1.82, 2.24) is 10.2 Å². The summed E-state index contributed by atoms with van der Waals surface area (Å²) in [6.07, 6.45) is 0. The number of carbonyl (C=O) groups excluding carboxylic acids is 2. The van der Waals surface area contributed by atoms with E-state index >= 15 is 0 Å². The molecule has 0 saturated carbocycles. The van der Waals surface area contributed by atoms with Gasteiger partial charge in [-0.1, -0.05) is 11.6 Å². The summed E-state index contributed by atoms with van der Waals surface area (Å²) in [5, 5.41) is 6.05. The number of anilines is 1. The minimum Gasteiger partial charge on any atom is -0.496 e. The highest BCUT2D eigenvalue weighted by Gasteiger charge is 2.21. The second kappa shape index (κ2) is 9.12. The van der Waals surface area contributed by atoms with Crippen molar-refractivity contribution in [3.8, 4) is 0 Å². The van der Waals surface area contributed by atoms with Crippen molar-refractivity contribution in [2.45, 2.75) is 6.92 Å². The maximum absolute atomic E-state index is 12.5. The van der Waals surface area contributed by atoms with Crippen molar-refractivity contribution in [3.63, 3.8) is 0 Å². The number of hydrogen-bond acceptors (Lipinski definition) is 5. The number of benzene rings is 1. The van der Waals surface area contributed by atoms with Gasteiger partial charge in [0.05, 0.1) is 17.9 Å². The minimum absolute atomic E-state index is 0.280. The number of hydrogen-bond donors (Lipinski definition) is 2. The Morgan fingerprint density at radius 1 is 1.32 bits per heavy atom. The first-order chi connectivity index (χ1) is 11.9. The van der Waals surface area contributed by atoms with Crippen LogP contribution in [0.1, 0.15) is 17.3 Å². The average Bonchev–Trinajstić information content (AvgIpc) is 2.56. The number of thioether (sulfide) groups is 1. The number of nitrogens with zero attached hydrogens (tertiary/aromatic N) is 1. The third kappa shape index (κ3) is 5.66. The molecule has 8 heteroatoms. The van der Waals surface area contributed by atoms with E-state index in [0.29, 0.717) is 46.6 Å². The Morgan fingerprint density at radius 2 is 2.08 bits per heavy atom. The maximum atomic E-state index is 12.5. The standard InChI is InChI=1S/C17H22ClN3O3S/c1-11-15(25-9-8-24-11)17(23)20-14-5-4-12(18)10-13(14)16(22)19-6-7-21(2)3/h4-5,10H,6-9H2,1-3H3,(H,19,22)(H,20,23). The molecule has 0 bridgehead atoms. The molecule has 2 amide bonds. The number of ether oxygens (including phenoxy) is 1. The number of amides is 2. The van der Waals surface area contributed by atoms with Gasteiger partial charge < -0.3 is 20.3 Å². The fourth-order valence-corrected chi connectivity index (χ4v) is 3.20. The van der Waals surface area contributed by atoms with Gasteiger partial charge in [-0.2, -0.15) is 0 Å². The Kier molecular flexibility index (Phi) is 7.16. The quantitative estimate of drug-likeness (QED) is 0.790. The van der Waals surface area contributed by atoms with E-state index in [-0.39, 0.29) is 11.8 Å². The van der Waals surface area contributed by atoms with Crippen LogP contribution < -0.4 is 10.6 Å². The van der Waals surface area contributed by atoms with Crippen molar-refractivity contribution >= 4 is 40.9 Å². The summed E-state index contributed by atoms with van der Waals surface area (Å²) in [4.78, 5) is 27.4. The summed E-state index contributed by atoms with van der Waals surface area (Å²) in [5.41, 5.74) is 0.753. The second-order valence-corrected chi connectivity index (χ2v) is 7.33. The number of carbonyl (C=O) groups is 2. The van der Waals surface area contributed by atoms with Crippen molar-refractivity contribution in [2.24, 2.45) is 0 Å². The smallest absolute Gasteiger partial charge is 0.265 e. The van der Waals surface area contributed by atoms with E-state index in [1.807, 2.05) is 19.0 Å². The summed E-state index contributed by atoms with van der Waals surface area (Å²) < 4.78 is 5.41. The molecule has 1 heterocycles. The Hall–Kier alpha value is -1.70. The van der Waals surface area contributed by atoms with Crippen LogP contribution in [0.4, 0.5) is 5.69 Å². The summed E-state index contributed by atoms with van der Waals surface area (Å²) in [5.74, 6) is 0.753. The lowest BCUT2D eigenvalue weighted by Gasteiger charge is -2.19. The fourth-order valence-electron chi connectivity index (χ4n) is 2.21. The molecule has 0 radical (unpaired) electrons. The van der Waals surface area contributed by atoms with E-state index in [1.54, 1.807) is 25.1 Å². The molecule has 1 aliphatic heterocycles. The zero-order valence-corrected chi connectivity index (χ0v) is 16.1. The first-order valence-electron chi connectivity index (χ1n) is 7.89. The van der Waals surface area contributed by atoms with Crippen LogP contribution in [0.2, 0.25) is 5.02 Å². The predicted molar refractivity (Wildman–Crippen MR) is 102 cm³/mol. The van der Waals surface area contributed by atoms with Crippen molar-refractivity contribution in [2.75, 3.05) is 44.9 Å². The van der Waals surface area contributed by atoms with E-state index < -0.39 is 0 Å². The number of likely N-dealkylation sites (N-methyl/N-ethyl adjacent to an activating group) is 1. The number of nitrogens with one attached hydrogen (secondary N) is 2. The Balaban J connectivity index is 2.15. The van der Waals surface area contributed by atoms with Gasteiger partial charge >= 0.3 is 0 Å². The molecule has 2 N–H and O–H groups in total. The molecule has 0 aliphatic carbocycles. The van der Waals surface area contributed by atoms with Gasteiger partial charge in [0.15, 0.2) is 0 Å². The van der Waals surface area contributed by atoms with Crippen molar-refractivity contribution in [3.05, 3.63) is 39.4 Å². The van der Waals surface area contributed by atoms with Gasteiger partial charge in [0.2, 0.25) is 0 Å². The molecule has 0 aromatic heterocycles. The predicted octanol–water partition coefficient (Wildman–Crippen LogP) is 2.56. The van der Waals surface area contributed by atoms with Crippen molar-refractivity contribution < 1.29 is 14.3 Å². The lowest BCUT2D eigenvalue weighted by molar-refractivity contribution is -0.112. The van der Waals surface area contributed by atoms with Gasteiger partial charge in [0.25, 0.3) is 11.8 Å². The molecule has 136 valence electrons. The summed E-state index contributed by atoms with van der Waals surface area (Å²) in [6, 6.07) is 4.82. The highest BCUT2D eigenvalue weighted by atomic mass is 35.5. The zero-order chi connectivity index (χ0) is 18.4. The lowest BCUT2D eigenvalue weighted by atomic mass is 10.1. The molecular weight excluding hydrogens is 362 g/mol. The topological polar surface area (TPSA) is 70.7 Å². The maximum Gasteiger partial charge on any atom is 0.265 e. The molecule has 25 heavy (non-hydrogen) atoms. The van der Waals surface area contributed by atoms with Gasteiger partial charge in [-0.15, -0.1) is 11.8 Å². The lowest BCUT2D eigenvalue weighted by Crippen LogP contribution is -2.32. The van der Waals surface area contributed by atoms with E-state index in [0.717, 1.165) is 5.75 Å². The van der Waals surface area contributed by atoms with Crippen molar-refractivity contribution in [1.29, 1.82) is 0 Å². The highest BCUT2D eigenvalue weighted by Crippen LogP contribution is 2.28. The van der Waals surface area contributed by atoms with Gasteiger partial charge in [0.1, 0.15) is 10.7 Å². The molecule has 1 aromatic rings. The second-order valence-electron chi connectivity index (χ2n) is 5.79. The molecule has 1 aliphatic rings. The SMILES string of the molecule is CC1=C(C(=O)Nc2ccc(Cl)cc2C(=O)NCCN(C)C)SCCO1. The molecule has 0 saturated heterocycles. The molecule has 2 rings (SSSR count). The first-order valence-corrected chi connectivity index (χ1v) is 9.25. The van der Waals surface area contributed by atoms with Gasteiger partial charge in [-0.05, 0) is 39.2 Å². The van der Waals surface area contributed by atoms with Crippen LogP contribution in [-0.2, 0) is 9.53 Å². The van der Waals surface area contributed by atoms with Crippen LogP contribution in [0.15, 0.2) is 28.9 Å². The normalized spacial score (nSPS) is 14.3. The average molecular weight is 384 g/mol. The molecule has 1 aromatic carbocycles. The molecule has 0 atom stereocenters. The fraction of sp³-hybridized carbons (Fsp3) is 0.412. The summed E-state index contributed by atoms with van der Waals surface area (Å²) in [7, 11) is 3.86. The van der Waals surface area contributed by atoms with Gasteiger partial charge in [-0.3, -0.25) is 9.59 Å². The molecule has 0 fully saturated rings. The van der Waals surface area contributed by atoms with Crippen LogP contribution in [0, 0.1) is 0 Å². The van der Waals surface area contributed by atoms with E-state index in [2.05, 4.69) is 10.6 Å². The molecular formula is C17H22ClN3O3S. The molecule has 6 nitrogen and oxygen atoms in total. The number of rotatable bonds is 6.